The van der Waals surface area contributed by atoms with Gasteiger partial charge in [-0.3, -0.25) is 4.79 Å². The summed E-state index contributed by atoms with van der Waals surface area (Å²) in [5.74, 6) is 5.40. The molecule has 0 saturated heterocycles. The number of benzene rings is 1. The predicted octanol–water partition coefficient (Wildman–Crippen LogP) is 2.65. The molecule has 1 aromatic rings. The lowest BCUT2D eigenvalue weighted by molar-refractivity contribution is 0.0934. The van der Waals surface area contributed by atoms with Gasteiger partial charge in [0.2, 0.25) is 0 Å². The Morgan fingerprint density at radius 3 is 2.76 bits per heavy atom. The fourth-order valence-corrected chi connectivity index (χ4v) is 2.89. The summed E-state index contributed by atoms with van der Waals surface area (Å²) >= 11 is 0. The Hall–Kier alpha value is -1.79. The van der Waals surface area contributed by atoms with Crippen molar-refractivity contribution in [3.63, 3.8) is 0 Å². The molecule has 2 rings (SSSR count). The number of rotatable bonds is 3. The molecular weight excluding hydrogens is 262 g/mol. The van der Waals surface area contributed by atoms with E-state index in [0.29, 0.717) is 17.7 Å². The summed E-state index contributed by atoms with van der Waals surface area (Å²) in [6.07, 6.45) is 4.87. The van der Waals surface area contributed by atoms with Crippen LogP contribution < -0.4 is 5.32 Å². The van der Waals surface area contributed by atoms with Gasteiger partial charge in [0.1, 0.15) is 6.61 Å². The van der Waals surface area contributed by atoms with Crippen LogP contribution in [0.4, 0.5) is 0 Å². The molecule has 112 valence electrons. The summed E-state index contributed by atoms with van der Waals surface area (Å²) in [5, 5.41) is 11.9. The predicted molar refractivity (Wildman–Crippen MR) is 84.1 cm³/mol. The molecule has 1 aliphatic carbocycles. The molecule has 1 fully saturated rings. The zero-order valence-corrected chi connectivity index (χ0v) is 12.8. The van der Waals surface area contributed by atoms with Crippen molar-refractivity contribution in [2.75, 3.05) is 13.2 Å². The normalized spacial score (nSPS) is 16.1. The number of hydrogen-bond donors (Lipinski definition) is 2. The van der Waals surface area contributed by atoms with Gasteiger partial charge in [0.25, 0.3) is 5.91 Å². The minimum atomic E-state index is -0.201. The van der Waals surface area contributed by atoms with Crippen LogP contribution in [0, 0.1) is 24.2 Å². The third-order valence-corrected chi connectivity index (χ3v) is 4.21. The largest absolute Gasteiger partial charge is 0.384 e. The number of carbonyl (C=O) groups is 1. The monoisotopic (exact) mass is 285 g/mol. The molecule has 1 aromatic carbocycles. The number of carbonyl (C=O) groups excluding carboxylic acids is 1. The van der Waals surface area contributed by atoms with E-state index in [9.17, 15) is 4.79 Å². The van der Waals surface area contributed by atoms with Crippen molar-refractivity contribution >= 4 is 5.91 Å². The number of aryl methyl sites for hydroxylation is 1. The number of aliphatic hydroxyl groups excluding tert-OH is 1. The third kappa shape index (κ3) is 4.09. The van der Waals surface area contributed by atoms with E-state index in [-0.39, 0.29) is 17.9 Å². The molecule has 1 saturated carbocycles. The first-order valence-electron chi connectivity index (χ1n) is 7.53. The summed E-state index contributed by atoms with van der Waals surface area (Å²) in [6.45, 7) is 4.72. The maximum Gasteiger partial charge on any atom is 0.252 e. The average Bonchev–Trinajstić information content (AvgIpc) is 2.90. The van der Waals surface area contributed by atoms with E-state index in [0.717, 1.165) is 5.56 Å². The molecule has 21 heavy (non-hydrogen) atoms. The van der Waals surface area contributed by atoms with Gasteiger partial charge < -0.3 is 10.4 Å². The van der Waals surface area contributed by atoms with E-state index in [1.165, 1.54) is 25.7 Å². The van der Waals surface area contributed by atoms with Crippen molar-refractivity contribution in [3.05, 3.63) is 34.9 Å². The van der Waals surface area contributed by atoms with Gasteiger partial charge in [0.15, 0.2) is 0 Å². The summed E-state index contributed by atoms with van der Waals surface area (Å²) in [7, 11) is 0. The van der Waals surface area contributed by atoms with Gasteiger partial charge >= 0.3 is 0 Å². The maximum atomic E-state index is 12.4. The second-order valence-corrected chi connectivity index (χ2v) is 6.21. The van der Waals surface area contributed by atoms with Gasteiger partial charge in [0, 0.05) is 12.1 Å². The first kappa shape index (κ1) is 15.6. The molecule has 0 spiro atoms. The second kappa shape index (κ2) is 6.78. The zero-order valence-electron chi connectivity index (χ0n) is 12.8. The van der Waals surface area contributed by atoms with Gasteiger partial charge in [-0.2, -0.15) is 0 Å². The highest BCUT2D eigenvalue weighted by molar-refractivity contribution is 5.96. The van der Waals surface area contributed by atoms with Crippen LogP contribution in [-0.2, 0) is 0 Å². The highest BCUT2D eigenvalue weighted by atomic mass is 16.2. The Labute approximate surface area is 126 Å². The molecule has 0 unspecified atom stereocenters. The summed E-state index contributed by atoms with van der Waals surface area (Å²) in [4.78, 5) is 12.4. The Balaban J connectivity index is 2.11. The Morgan fingerprint density at radius 2 is 2.10 bits per heavy atom. The molecule has 0 aliphatic heterocycles. The molecule has 0 radical (unpaired) electrons. The van der Waals surface area contributed by atoms with Crippen LogP contribution in [0.3, 0.4) is 0 Å². The quantitative estimate of drug-likeness (QED) is 0.839. The SMILES string of the molecule is Cc1ccc(C(=O)NCC2(C)CCCC2)c(C#CCO)c1. The minimum absolute atomic E-state index is 0.0784. The van der Waals surface area contributed by atoms with E-state index in [1.54, 1.807) is 0 Å². The first-order chi connectivity index (χ1) is 10.0. The van der Waals surface area contributed by atoms with Gasteiger partial charge in [-0.15, -0.1) is 0 Å². The van der Waals surface area contributed by atoms with Crippen LogP contribution in [0.5, 0.6) is 0 Å². The van der Waals surface area contributed by atoms with Crippen molar-refractivity contribution in [3.8, 4) is 11.8 Å². The molecule has 1 aliphatic rings. The number of aliphatic hydroxyl groups is 1. The molecule has 2 N–H and O–H groups in total. The molecule has 0 bridgehead atoms. The van der Waals surface area contributed by atoms with E-state index in [1.807, 2.05) is 25.1 Å². The molecular formula is C18H23NO2. The zero-order chi connectivity index (χ0) is 15.3. The van der Waals surface area contributed by atoms with Gasteiger partial charge in [-0.1, -0.05) is 37.7 Å². The fourth-order valence-electron chi connectivity index (χ4n) is 2.89. The number of nitrogens with one attached hydrogen (secondary N) is 1. The molecule has 0 heterocycles. The van der Waals surface area contributed by atoms with E-state index < -0.39 is 0 Å². The third-order valence-electron chi connectivity index (χ3n) is 4.21. The lowest BCUT2D eigenvalue weighted by Crippen LogP contribution is -2.34. The molecule has 3 heteroatoms. The minimum Gasteiger partial charge on any atom is -0.384 e. The summed E-state index contributed by atoms with van der Waals surface area (Å²) < 4.78 is 0. The van der Waals surface area contributed by atoms with Crippen LogP contribution in [0.15, 0.2) is 18.2 Å². The van der Waals surface area contributed by atoms with Crippen LogP contribution >= 0.6 is 0 Å². The van der Waals surface area contributed by atoms with Crippen LogP contribution in [0.2, 0.25) is 0 Å². The highest BCUT2D eigenvalue weighted by Crippen LogP contribution is 2.36. The smallest absolute Gasteiger partial charge is 0.252 e. The van der Waals surface area contributed by atoms with Crippen molar-refractivity contribution in [2.45, 2.75) is 39.5 Å². The van der Waals surface area contributed by atoms with Crippen molar-refractivity contribution in [1.82, 2.24) is 5.32 Å². The Morgan fingerprint density at radius 1 is 1.38 bits per heavy atom. The van der Waals surface area contributed by atoms with Crippen LogP contribution in [0.1, 0.15) is 54.1 Å². The second-order valence-electron chi connectivity index (χ2n) is 6.21. The van der Waals surface area contributed by atoms with Crippen molar-refractivity contribution in [2.24, 2.45) is 5.41 Å². The van der Waals surface area contributed by atoms with Crippen LogP contribution in [-0.4, -0.2) is 24.2 Å². The summed E-state index contributed by atoms with van der Waals surface area (Å²) in [6, 6.07) is 5.61. The standard InChI is InChI=1S/C18H23NO2/c1-14-7-8-16(15(12-14)6-5-11-20)17(21)19-13-18(2)9-3-4-10-18/h7-8,12,20H,3-4,9-11,13H2,1-2H3,(H,19,21). The van der Waals surface area contributed by atoms with Crippen molar-refractivity contribution < 1.29 is 9.90 Å². The van der Waals surface area contributed by atoms with Gasteiger partial charge in [-0.05, 0) is 42.9 Å². The lowest BCUT2D eigenvalue weighted by Gasteiger charge is -2.23. The van der Waals surface area contributed by atoms with E-state index in [2.05, 4.69) is 24.1 Å². The highest BCUT2D eigenvalue weighted by Gasteiger charge is 2.29. The Bertz CT molecular complexity index is 575. The Kier molecular flexibility index (Phi) is 5.03. The molecule has 0 atom stereocenters. The van der Waals surface area contributed by atoms with E-state index >= 15 is 0 Å². The fraction of sp³-hybridized carbons (Fsp3) is 0.500. The maximum absolute atomic E-state index is 12.4. The first-order valence-corrected chi connectivity index (χ1v) is 7.53. The average molecular weight is 285 g/mol. The van der Waals surface area contributed by atoms with Crippen LogP contribution in [0.25, 0.3) is 0 Å². The van der Waals surface area contributed by atoms with Gasteiger partial charge in [-0.25, -0.2) is 0 Å². The van der Waals surface area contributed by atoms with E-state index in [4.69, 9.17) is 5.11 Å². The number of amides is 1. The van der Waals surface area contributed by atoms with Gasteiger partial charge in [0.05, 0.1) is 5.56 Å². The number of hydrogen-bond acceptors (Lipinski definition) is 2. The molecule has 3 nitrogen and oxygen atoms in total. The molecule has 0 aromatic heterocycles. The van der Waals surface area contributed by atoms with Crippen molar-refractivity contribution in [1.29, 1.82) is 0 Å². The lowest BCUT2D eigenvalue weighted by atomic mass is 9.89. The summed E-state index contributed by atoms with van der Waals surface area (Å²) in [5.41, 5.74) is 2.55. The molecule has 1 amide bonds. The topological polar surface area (TPSA) is 49.3 Å².